The number of piperazine rings is 1. The molecule has 0 radical (unpaired) electrons. The molecule has 0 atom stereocenters. The summed E-state index contributed by atoms with van der Waals surface area (Å²) in [5.74, 6) is -1.09. The summed E-state index contributed by atoms with van der Waals surface area (Å²) >= 11 is 0. The van der Waals surface area contributed by atoms with E-state index in [9.17, 15) is 22.8 Å². The molecule has 0 saturated carbocycles. The van der Waals surface area contributed by atoms with Crippen LogP contribution in [0.2, 0.25) is 0 Å². The van der Waals surface area contributed by atoms with Gasteiger partial charge in [0.15, 0.2) is 5.78 Å². The van der Waals surface area contributed by atoms with Crippen LogP contribution >= 0.6 is 0 Å². The molecule has 9 heteroatoms. The lowest BCUT2D eigenvalue weighted by Gasteiger charge is -2.34. The summed E-state index contributed by atoms with van der Waals surface area (Å²) in [6.45, 7) is 7.47. The summed E-state index contributed by atoms with van der Waals surface area (Å²) in [6.07, 6.45) is -0.133. The van der Waals surface area contributed by atoms with Crippen molar-refractivity contribution in [3.8, 4) is 0 Å². The van der Waals surface area contributed by atoms with Crippen LogP contribution in [0.25, 0.3) is 0 Å². The van der Waals surface area contributed by atoms with Gasteiger partial charge in [0.05, 0.1) is 11.3 Å². The minimum Gasteiger partial charge on any atom is -0.458 e. The number of sulfonamides is 1. The number of aryl methyl sites for hydroxylation is 3. The molecule has 0 spiro atoms. The Kier molecular flexibility index (Phi) is 7.54. The second-order valence-electron chi connectivity index (χ2n) is 7.38. The van der Waals surface area contributed by atoms with Gasteiger partial charge in [-0.05, 0) is 38.8 Å². The van der Waals surface area contributed by atoms with E-state index in [1.165, 1.54) is 11.2 Å². The molecular formula is C20H28N2O6S. The Labute approximate surface area is 171 Å². The number of nitrogens with zero attached hydrogens (tertiary/aromatic N) is 2. The zero-order valence-electron chi connectivity index (χ0n) is 17.4. The van der Waals surface area contributed by atoms with Crippen molar-refractivity contribution < 1.29 is 27.5 Å². The Morgan fingerprint density at radius 1 is 0.966 bits per heavy atom. The lowest BCUT2D eigenvalue weighted by molar-refractivity contribution is -0.149. The van der Waals surface area contributed by atoms with Gasteiger partial charge < -0.3 is 9.64 Å². The molecule has 0 aliphatic carbocycles. The number of carbonyl (C=O) groups is 3. The SMILES string of the molecule is CC(=O)COC(=O)CCC(=O)N1CCN(S(=O)(=O)c2c(C)cc(C)cc2C)CC1. The highest BCUT2D eigenvalue weighted by Gasteiger charge is 2.32. The number of ether oxygens (including phenoxy) is 1. The van der Waals surface area contributed by atoms with E-state index in [0.29, 0.717) is 16.0 Å². The van der Waals surface area contributed by atoms with Gasteiger partial charge in [-0.2, -0.15) is 4.31 Å². The van der Waals surface area contributed by atoms with E-state index in [4.69, 9.17) is 4.74 Å². The van der Waals surface area contributed by atoms with Gasteiger partial charge in [0.1, 0.15) is 6.61 Å². The van der Waals surface area contributed by atoms with Crippen molar-refractivity contribution in [3.05, 3.63) is 28.8 Å². The van der Waals surface area contributed by atoms with Crippen molar-refractivity contribution in [3.63, 3.8) is 0 Å². The number of benzene rings is 1. The normalized spacial score (nSPS) is 15.2. The number of carbonyl (C=O) groups excluding carboxylic acids is 3. The van der Waals surface area contributed by atoms with Crippen LogP contribution in [0, 0.1) is 20.8 Å². The van der Waals surface area contributed by atoms with Gasteiger partial charge in [-0.3, -0.25) is 14.4 Å². The Balaban J connectivity index is 1.94. The van der Waals surface area contributed by atoms with Gasteiger partial charge in [0, 0.05) is 32.6 Å². The van der Waals surface area contributed by atoms with Gasteiger partial charge in [-0.1, -0.05) is 17.7 Å². The molecule has 1 aliphatic rings. The van der Waals surface area contributed by atoms with Crippen LogP contribution in [0.3, 0.4) is 0 Å². The zero-order valence-corrected chi connectivity index (χ0v) is 18.2. The molecule has 1 saturated heterocycles. The Morgan fingerprint density at radius 3 is 2.03 bits per heavy atom. The summed E-state index contributed by atoms with van der Waals surface area (Å²) in [5.41, 5.74) is 2.44. The first kappa shape index (κ1) is 23.0. The topological polar surface area (TPSA) is 101 Å². The number of ketones is 1. The summed E-state index contributed by atoms with van der Waals surface area (Å²) in [4.78, 5) is 36.5. The van der Waals surface area contributed by atoms with E-state index in [2.05, 4.69) is 0 Å². The number of esters is 1. The summed E-state index contributed by atoms with van der Waals surface area (Å²) in [6, 6.07) is 3.70. The van der Waals surface area contributed by atoms with Crippen molar-refractivity contribution in [2.45, 2.75) is 45.4 Å². The lowest BCUT2D eigenvalue weighted by atomic mass is 10.1. The highest BCUT2D eigenvalue weighted by Crippen LogP contribution is 2.26. The quantitative estimate of drug-likeness (QED) is 0.613. The van der Waals surface area contributed by atoms with Gasteiger partial charge in [-0.25, -0.2) is 8.42 Å². The van der Waals surface area contributed by atoms with E-state index in [1.807, 2.05) is 19.1 Å². The molecule has 0 N–H and O–H groups in total. The van der Waals surface area contributed by atoms with Crippen molar-refractivity contribution in [2.24, 2.45) is 0 Å². The second-order valence-corrected chi connectivity index (χ2v) is 9.25. The Hall–Kier alpha value is -2.26. The van der Waals surface area contributed by atoms with Gasteiger partial charge in [0.25, 0.3) is 0 Å². The van der Waals surface area contributed by atoms with Crippen LogP contribution in [-0.2, 0) is 29.1 Å². The molecule has 1 aromatic carbocycles. The number of rotatable bonds is 7. The standard InChI is InChI=1S/C20H28N2O6S/c1-14-11-15(2)20(16(3)12-14)29(26,27)22-9-7-21(8-10-22)18(24)5-6-19(25)28-13-17(4)23/h11-12H,5-10,13H2,1-4H3. The van der Waals surface area contributed by atoms with E-state index in [1.54, 1.807) is 18.7 Å². The molecule has 160 valence electrons. The van der Waals surface area contributed by atoms with Gasteiger partial charge in [0.2, 0.25) is 15.9 Å². The maximum Gasteiger partial charge on any atom is 0.306 e. The van der Waals surface area contributed by atoms with Gasteiger partial charge >= 0.3 is 5.97 Å². The maximum absolute atomic E-state index is 13.1. The van der Waals surface area contributed by atoms with Crippen LogP contribution in [0.4, 0.5) is 0 Å². The molecule has 2 rings (SSSR count). The molecular weight excluding hydrogens is 396 g/mol. The summed E-state index contributed by atoms with van der Waals surface area (Å²) < 4.78 is 32.3. The van der Waals surface area contributed by atoms with Crippen LogP contribution in [0.5, 0.6) is 0 Å². The fourth-order valence-corrected chi connectivity index (χ4v) is 5.34. The fourth-order valence-electron chi connectivity index (χ4n) is 3.50. The molecule has 8 nitrogen and oxygen atoms in total. The predicted octanol–water partition coefficient (Wildman–Crippen LogP) is 1.36. The highest BCUT2D eigenvalue weighted by atomic mass is 32.2. The third kappa shape index (κ3) is 5.86. The average Bonchev–Trinajstić information content (AvgIpc) is 2.63. The van der Waals surface area contributed by atoms with Crippen LogP contribution < -0.4 is 0 Å². The largest absolute Gasteiger partial charge is 0.458 e. The Bertz CT molecular complexity index is 879. The van der Waals surface area contributed by atoms with E-state index in [0.717, 1.165) is 5.56 Å². The smallest absolute Gasteiger partial charge is 0.306 e. The number of Topliss-reactive ketones (excluding diaryl/α,β-unsaturated/α-hetero) is 1. The number of amides is 1. The second kappa shape index (κ2) is 9.49. The molecule has 1 fully saturated rings. The molecule has 0 aromatic heterocycles. The minimum absolute atomic E-state index is 0.0281. The molecule has 29 heavy (non-hydrogen) atoms. The zero-order chi connectivity index (χ0) is 21.8. The van der Waals surface area contributed by atoms with Crippen LogP contribution in [-0.4, -0.2) is 68.1 Å². The summed E-state index contributed by atoms with van der Waals surface area (Å²) in [7, 11) is -3.64. The minimum atomic E-state index is -3.64. The lowest BCUT2D eigenvalue weighted by Crippen LogP contribution is -2.50. The average molecular weight is 425 g/mol. The van der Waals surface area contributed by atoms with E-state index < -0.39 is 16.0 Å². The summed E-state index contributed by atoms with van der Waals surface area (Å²) in [5, 5.41) is 0. The molecule has 0 bridgehead atoms. The first-order valence-corrected chi connectivity index (χ1v) is 11.0. The number of hydrogen-bond donors (Lipinski definition) is 0. The van der Waals surface area contributed by atoms with Crippen molar-refractivity contribution in [1.82, 2.24) is 9.21 Å². The predicted molar refractivity (Wildman–Crippen MR) is 107 cm³/mol. The van der Waals surface area contributed by atoms with Crippen molar-refractivity contribution in [2.75, 3.05) is 32.8 Å². The molecule has 1 amide bonds. The molecule has 1 aromatic rings. The third-order valence-electron chi connectivity index (χ3n) is 4.77. The molecule has 0 unspecified atom stereocenters. The molecule has 1 aliphatic heterocycles. The first-order valence-electron chi connectivity index (χ1n) is 9.53. The number of hydrogen-bond acceptors (Lipinski definition) is 6. The van der Waals surface area contributed by atoms with Crippen molar-refractivity contribution >= 4 is 27.7 Å². The van der Waals surface area contributed by atoms with Crippen LogP contribution in [0.15, 0.2) is 17.0 Å². The monoisotopic (exact) mass is 424 g/mol. The molecule has 1 heterocycles. The fraction of sp³-hybridized carbons (Fsp3) is 0.550. The first-order chi connectivity index (χ1) is 13.5. The van der Waals surface area contributed by atoms with E-state index in [-0.39, 0.29) is 57.3 Å². The highest BCUT2D eigenvalue weighted by molar-refractivity contribution is 7.89. The maximum atomic E-state index is 13.1. The Morgan fingerprint density at radius 2 is 1.52 bits per heavy atom. The van der Waals surface area contributed by atoms with E-state index >= 15 is 0 Å². The third-order valence-corrected chi connectivity index (χ3v) is 6.98. The van der Waals surface area contributed by atoms with Gasteiger partial charge in [-0.15, -0.1) is 0 Å². The van der Waals surface area contributed by atoms with Crippen molar-refractivity contribution in [1.29, 1.82) is 0 Å². The van der Waals surface area contributed by atoms with Crippen LogP contribution in [0.1, 0.15) is 36.5 Å².